The minimum atomic E-state index is -0.601. The molecule has 4 amide bonds. The lowest BCUT2D eigenvalue weighted by molar-refractivity contribution is -0.111. The average molecular weight is 482 g/mol. The van der Waals surface area contributed by atoms with Crippen LogP contribution in [0.2, 0.25) is 0 Å². The summed E-state index contributed by atoms with van der Waals surface area (Å²) >= 11 is 0. The summed E-state index contributed by atoms with van der Waals surface area (Å²) < 4.78 is 1.72. The van der Waals surface area contributed by atoms with Crippen LogP contribution in [0.5, 0.6) is 0 Å². The number of nitrogens with zero attached hydrogens (tertiary/aromatic N) is 4. The van der Waals surface area contributed by atoms with Gasteiger partial charge in [0.15, 0.2) is 5.82 Å². The number of urea groups is 1. The first kappa shape index (κ1) is 26.0. The van der Waals surface area contributed by atoms with Crippen LogP contribution >= 0.6 is 0 Å². The van der Waals surface area contributed by atoms with Crippen LogP contribution in [0.3, 0.4) is 0 Å². The van der Waals surface area contributed by atoms with E-state index in [1.54, 1.807) is 33.8 Å². The second-order valence-electron chi connectivity index (χ2n) is 9.61. The number of nitrogens with one attached hydrogen (secondary N) is 3. The summed E-state index contributed by atoms with van der Waals surface area (Å²) in [7, 11) is 5.83. The molecule has 1 aromatic heterocycles. The Morgan fingerprint density at radius 1 is 1.20 bits per heavy atom. The summed E-state index contributed by atoms with van der Waals surface area (Å²) in [5.41, 5.74) is 2.08. The van der Waals surface area contributed by atoms with E-state index in [4.69, 9.17) is 0 Å². The minimum absolute atomic E-state index is 0.0287. The molecule has 3 N–H and O–H groups in total. The first-order chi connectivity index (χ1) is 16.4. The highest BCUT2D eigenvalue weighted by Crippen LogP contribution is 2.41. The Morgan fingerprint density at radius 3 is 2.46 bits per heavy atom. The standard InChI is InChI=1S/C25H35N7O3/c1-8-20(33)27-18-11-9-17(10-12-18)23(34)28-22-19-15-32(25(3,4)21(19)31(7)29-22)24(35)26-16(2)13-14-30(5)6/h8-12,16H,1,13-15H2,2-7H3,(H,26,35)(H,27,33)(H,28,29,34). The number of hydrogen-bond donors (Lipinski definition) is 3. The molecule has 2 heterocycles. The monoisotopic (exact) mass is 481 g/mol. The van der Waals surface area contributed by atoms with Gasteiger partial charge in [0.05, 0.1) is 17.8 Å². The topological polar surface area (TPSA) is 112 Å². The van der Waals surface area contributed by atoms with Crippen molar-refractivity contribution in [3.63, 3.8) is 0 Å². The highest BCUT2D eigenvalue weighted by molar-refractivity contribution is 6.05. The van der Waals surface area contributed by atoms with Crippen LogP contribution in [0, 0.1) is 0 Å². The molecule has 10 heteroatoms. The maximum Gasteiger partial charge on any atom is 0.318 e. The van der Waals surface area contributed by atoms with E-state index in [1.807, 2.05) is 41.9 Å². The largest absolute Gasteiger partial charge is 0.335 e. The fourth-order valence-corrected chi connectivity index (χ4v) is 4.28. The molecule has 0 saturated carbocycles. The maximum absolute atomic E-state index is 13.1. The number of aromatic nitrogens is 2. The number of benzene rings is 1. The van der Waals surface area contributed by atoms with Gasteiger partial charge in [-0.3, -0.25) is 14.3 Å². The summed E-state index contributed by atoms with van der Waals surface area (Å²) in [6.45, 7) is 10.6. The second kappa shape index (κ2) is 10.3. The van der Waals surface area contributed by atoms with Crippen molar-refractivity contribution in [3.05, 3.63) is 53.7 Å². The molecule has 1 aromatic carbocycles. The summed E-state index contributed by atoms with van der Waals surface area (Å²) in [6.07, 6.45) is 2.02. The molecule has 35 heavy (non-hydrogen) atoms. The maximum atomic E-state index is 13.1. The van der Waals surface area contributed by atoms with Gasteiger partial charge in [0.2, 0.25) is 5.91 Å². The van der Waals surface area contributed by atoms with E-state index in [0.717, 1.165) is 24.2 Å². The van der Waals surface area contributed by atoms with Crippen molar-refractivity contribution in [1.29, 1.82) is 0 Å². The Labute approximate surface area is 206 Å². The van der Waals surface area contributed by atoms with Crippen LogP contribution < -0.4 is 16.0 Å². The van der Waals surface area contributed by atoms with Crippen molar-refractivity contribution in [1.82, 2.24) is 24.9 Å². The quantitative estimate of drug-likeness (QED) is 0.502. The van der Waals surface area contributed by atoms with Gasteiger partial charge in [0, 0.05) is 29.9 Å². The smallest absolute Gasteiger partial charge is 0.318 e. The van der Waals surface area contributed by atoms with Gasteiger partial charge in [-0.1, -0.05) is 6.58 Å². The molecule has 10 nitrogen and oxygen atoms in total. The molecule has 1 aliphatic rings. The molecule has 1 unspecified atom stereocenters. The molecule has 1 atom stereocenters. The number of amides is 4. The molecule has 0 fully saturated rings. The van der Waals surface area contributed by atoms with Crippen molar-refractivity contribution < 1.29 is 14.4 Å². The molecule has 188 valence electrons. The molecule has 0 spiro atoms. The van der Waals surface area contributed by atoms with Gasteiger partial charge in [0.1, 0.15) is 0 Å². The molecule has 0 saturated heterocycles. The van der Waals surface area contributed by atoms with E-state index in [2.05, 4.69) is 32.5 Å². The molecule has 1 aliphatic heterocycles. The Kier molecular flexibility index (Phi) is 7.64. The Balaban J connectivity index is 1.73. The highest BCUT2D eigenvalue weighted by Gasteiger charge is 2.45. The Hall–Kier alpha value is -3.66. The lowest BCUT2D eigenvalue weighted by Gasteiger charge is -2.33. The zero-order chi connectivity index (χ0) is 25.9. The molecular formula is C25H35N7O3. The van der Waals surface area contributed by atoms with Crippen LogP contribution in [0.1, 0.15) is 48.8 Å². The van der Waals surface area contributed by atoms with Crippen LogP contribution in [0.25, 0.3) is 0 Å². The van der Waals surface area contributed by atoms with Crippen LogP contribution in [0.15, 0.2) is 36.9 Å². The Bertz CT molecular complexity index is 1120. The van der Waals surface area contributed by atoms with E-state index >= 15 is 0 Å². The van der Waals surface area contributed by atoms with Crippen molar-refractivity contribution in [2.45, 2.75) is 45.3 Å². The zero-order valence-electron chi connectivity index (χ0n) is 21.3. The molecule has 0 bridgehead atoms. The van der Waals surface area contributed by atoms with E-state index in [9.17, 15) is 14.4 Å². The number of rotatable bonds is 8. The minimum Gasteiger partial charge on any atom is -0.335 e. The predicted molar refractivity (Wildman–Crippen MR) is 136 cm³/mol. The lowest BCUT2D eigenvalue weighted by Crippen LogP contribution is -2.49. The summed E-state index contributed by atoms with van der Waals surface area (Å²) in [5.74, 6) is -0.222. The fourth-order valence-electron chi connectivity index (χ4n) is 4.28. The SMILES string of the molecule is C=CC(=O)Nc1ccc(C(=O)Nc2nn(C)c3c2CN(C(=O)NC(C)CCN(C)C)C3(C)C)cc1. The number of anilines is 2. The third kappa shape index (κ3) is 5.71. The van der Waals surface area contributed by atoms with E-state index in [0.29, 0.717) is 23.6 Å². The van der Waals surface area contributed by atoms with Gasteiger partial charge in [-0.2, -0.15) is 5.10 Å². The lowest BCUT2D eigenvalue weighted by atomic mass is 10.0. The number of hydrogen-bond acceptors (Lipinski definition) is 5. The van der Waals surface area contributed by atoms with Gasteiger partial charge in [0.25, 0.3) is 5.91 Å². The number of carbonyl (C=O) groups is 3. The Morgan fingerprint density at radius 2 is 1.86 bits per heavy atom. The van der Waals surface area contributed by atoms with Crippen molar-refractivity contribution in [3.8, 4) is 0 Å². The first-order valence-corrected chi connectivity index (χ1v) is 11.6. The average Bonchev–Trinajstić information content (AvgIpc) is 3.26. The summed E-state index contributed by atoms with van der Waals surface area (Å²) in [5, 5.41) is 13.1. The van der Waals surface area contributed by atoms with E-state index in [-0.39, 0.29) is 23.9 Å². The molecule has 0 aliphatic carbocycles. The van der Waals surface area contributed by atoms with Crippen LogP contribution in [-0.4, -0.2) is 64.1 Å². The van der Waals surface area contributed by atoms with E-state index in [1.165, 1.54) is 6.08 Å². The number of aryl methyl sites for hydroxylation is 1. The fraction of sp³-hybridized carbons (Fsp3) is 0.440. The van der Waals surface area contributed by atoms with Crippen molar-refractivity contribution in [2.75, 3.05) is 31.3 Å². The molecule has 2 aromatic rings. The molecule has 0 radical (unpaired) electrons. The predicted octanol–water partition coefficient (Wildman–Crippen LogP) is 2.90. The first-order valence-electron chi connectivity index (χ1n) is 11.6. The summed E-state index contributed by atoms with van der Waals surface area (Å²) in [4.78, 5) is 41.3. The van der Waals surface area contributed by atoms with Crippen LogP contribution in [-0.2, 0) is 23.9 Å². The van der Waals surface area contributed by atoms with Gasteiger partial charge in [-0.25, -0.2) is 4.79 Å². The molecule has 3 rings (SSSR count). The number of carbonyl (C=O) groups excluding carboxylic acids is 3. The normalized spacial score (nSPS) is 14.9. The van der Waals surface area contributed by atoms with E-state index < -0.39 is 5.54 Å². The third-order valence-corrected chi connectivity index (χ3v) is 6.17. The van der Waals surface area contributed by atoms with Gasteiger partial charge in [-0.05, 0) is 78.2 Å². The zero-order valence-corrected chi connectivity index (χ0v) is 21.3. The van der Waals surface area contributed by atoms with Gasteiger partial charge >= 0.3 is 6.03 Å². The van der Waals surface area contributed by atoms with Gasteiger partial charge < -0.3 is 25.8 Å². The third-order valence-electron chi connectivity index (χ3n) is 6.17. The molecular weight excluding hydrogens is 446 g/mol. The summed E-state index contributed by atoms with van der Waals surface area (Å²) in [6, 6.07) is 6.41. The second-order valence-corrected chi connectivity index (χ2v) is 9.61. The van der Waals surface area contributed by atoms with Crippen molar-refractivity contribution in [2.24, 2.45) is 7.05 Å². The van der Waals surface area contributed by atoms with Crippen LogP contribution in [0.4, 0.5) is 16.3 Å². The van der Waals surface area contributed by atoms with Crippen molar-refractivity contribution >= 4 is 29.4 Å². The number of fused-ring (bicyclic) bond motifs is 1. The van der Waals surface area contributed by atoms with Gasteiger partial charge in [-0.15, -0.1) is 0 Å². The highest BCUT2D eigenvalue weighted by atomic mass is 16.2.